The van der Waals surface area contributed by atoms with Crippen LogP contribution in [0.5, 0.6) is 0 Å². The molecular weight excluding hydrogens is 204 g/mol. The third-order valence-corrected chi connectivity index (χ3v) is 4.05. The van der Waals surface area contributed by atoms with Crippen LogP contribution in [0.15, 0.2) is 24.5 Å². The number of ether oxygens (including phenoxy) is 2. The average molecular weight is 220 g/mol. The van der Waals surface area contributed by atoms with Crippen LogP contribution in [0.3, 0.4) is 0 Å². The zero-order chi connectivity index (χ0) is 11.3. The van der Waals surface area contributed by atoms with Gasteiger partial charge < -0.3 is 9.47 Å². The molecule has 1 saturated carbocycles. The molecule has 3 unspecified atom stereocenters. The van der Waals surface area contributed by atoms with Crippen molar-refractivity contribution in [3.05, 3.63) is 24.5 Å². The molecule has 3 heteroatoms. The standard InChI is InChI=1S/C13H16O3/c1-8-9(2)16-13(6-11(8)14)5-10-3-4-12(13)15-7-10/h10,12H,1-7H2. The van der Waals surface area contributed by atoms with E-state index in [0.717, 1.165) is 19.4 Å². The van der Waals surface area contributed by atoms with E-state index in [9.17, 15) is 4.79 Å². The largest absolute Gasteiger partial charge is 0.484 e. The van der Waals surface area contributed by atoms with Crippen LogP contribution in [0.2, 0.25) is 0 Å². The molecular formula is C13H16O3. The summed E-state index contributed by atoms with van der Waals surface area (Å²) in [6, 6.07) is 0. The van der Waals surface area contributed by atoms with Crippen molar-refractivity contribution in [2.24, 2.45) is 5.92 Å². The molecule has 0 aromatic carbocycles. The summed E-state index contributed by atoms with van der Waals surface area (Å²) in [6.07, 6.45) is 3.59. The van der Waals surface area contributed by atoms with Gasteiger partial charge in [0, 0.05) is 0 Å². The fourth-order valence-corrected chi connectivity index (χ4v) is 3.17. The third kappa shape index (κ3) is 1.27. The predicted molar refractivity (Wildman–Crippen MR) is 58.8 cm³/mol. The molecule has 1 aliphatic carbocycles. The lowest BCUT2D eigenvalue weighted by molar-refractivity contribution is -0.209. The topological polar surface area (TPSA) is 35.5 Å². The van der Waals surface area contributed by atoms with E-state index in [1.165, 1.54) is 6.42 Å². The van der Waals surface area contributed by atoms with E-state index in [4.69, 9.17) is 9.47 Å². The van der Waals surface area contributed by atoms with Crippen LogP contribution in [0, 0.1) is 5.92 Å². The molecule has 4 fully saturated rings. The summed E-state index contributed by atoms with van der Waals surface area (Å²) in [4.78, 5) is 11.9. The molecule has 4 rings (SSSR count). The highest BCUT2D eigenvalue weighted by molar-refractivity contribution is 5.99. The number of allylic oxidation sites excluding steroid dienone is 1. The van der Waals surface area contributed by atoms with Gasteiger partial charge in [-0.3, -0.25) is 4.79 Å². The number of fused-ring (bicyclic) bond motifs is 2. The van der Waals surface area contributed by atoms with Crippen molar-refractivity contribution in [1.29, 1.82) is 0 Å². The molecule has 86 valence electrons. The monoisotopic (exact) mass is 220 g/mol. The first kappa shape index (κ1) is 10.1. The van der Waals surface area contributed by atoms with Gasteiger partial charge in [0.05, 0.1) is 24.7 Å². The van der Waals surface area contributed by atoms with Gasteiger partial charge in [0.1, 0.15) is 11.4 Å². The van der Waals surface area contributed by atoms with Crippen LogP contribution in [0.1, 0.15) is 25.7 Å². The minimum absolute atomic E-state index is 0.0614. The highest BCUT2D eigenvalue weighted by Gasteiger charge is 2.54. The Labute approximate surface area is 95.1 Å². The highest BCUT2D eigenvalue weighted by atomic mass is 16.6. The molecule has 0 radical (unpaired) electrons. The minimum Gasteiger partial charge on any atom is -0.484 e. The second-order valence-corrected chi connectivity index (χ2v) is 5.14. The lowest BCUT2D eigenvalue weighted by atomic mass is 9.70. The van der Waals surface area contributed by atoms with E-state index in [2.05, 4.69) is 13.2 Å². The highest BCUT2D eigenvalue weighted by Crippen LogP contribution is 2.48. The normalized spacial score (nSPS) is 42.6. The molecule has 4 aliphatic rings. The number of Topliss-reactive ketones (excluding diaryl/α,β-unsaturated/α-hetero) is 1. The quantitative estimate of drug-likeness (QED) is 0.586. The molecule has 3 atom stereocenters. The van der Waals surface area contributed by atoms with Crippen LogP contribution in [-0.4, -0.2) is 24.1 Å². The van der Waals surface area contributed by atoms with Crippen molar-refractivity contribution >= 4 is 5.78 Å². The number of hydrogen-bond acceptors (Lipinski definition) is 3. The van der Waals surface area contributed by atoms with Crippen molar-refractivity contribution in [2.45, 2.75) is 37.4 Å². The first-order valence-electron chi connectivity index (χ1n) is 5.83. The number of hydrogen-bond donors (Lipinski definition) is 0. The van der Waals surface area contributed by atoms with E-state index >= 15 is 0 Å². The van der Waals surface area contributed by atoms with Gasteiger partial charge in [-0.05, 0) is 25.2 Å². The van der Waals surface area contributed by atoms with Crippen LogP contribution < -0.4 is 0 Å². The molecule has 0 N–H and O–H groups in total. The number of carbonyl (C=O) groups is 1. The molecule has 2 bridgehead atoms. The maximum absolute atomic E-state index is 11.9. The van der Waals surface area contributed by atoms with E-state index < -0.39 is 5.60 Å². The Morgan fingerprint density at radius 1 is 1.31 bits per heavy atom. The number of rotatable bonds is 0. The van der Waals surface area contributed by atoms with Gasteiger partial charge in [0.15, 0.2) is 5.78 Å². The van der Waals surface area contributed by atoms with Crippen molar-refractivity contribution in [3.8, 4) is 0 Å². The Kier molecular flexibility index (Phi) is 2.02. The van der Waals surface area contributed by atoms with Crippen molar-refractivity contribution in [3.63, 3.8) is 0 Å². The van der Waals surface area contributed by atoms with E-state index in [1.807, 2.05) is 0 Å². The maximum atomic E-state index is 11.9. The van der Waals surface area contributed by atoms with Crippen LogP contribution in [-0.2, 0) is 14.3 Å². The summed E-state index contributed by atoms with van der Waals surface area (Å²) in [6.45, 7) is 8.30. The first-order valence-corrected chi connectivity index (χ1v) is 5.83. The average Bonchev–Trinajstić information content (AvgIpc) is 2.27. The van der Waals surface area contributed by atoms with Gasteiger partial charge in [-0.2, -0.15) is 0 Å². The summed E-state index contributed by atoms with van der Waals surface area (Å²) in [7, 11) is 0. The van der Waals surface area contributed by atoms with Gasteiger partial charge in [0.25, 0.3) is 0 Å². The van der Waals surface area contributed by atoms with Crippen LogP contribution in [0.4, 0.5) is 0 Å². The summed E-state index contributed by atoms with van der Waals surface area (Å²) in [5.41, 5.74) is -0.0108. The van der Waals surface area contributed by atoms with E-state index in [-0.39, 0.29) is 11.9 Å². The summed E-state index contributed by atoms with van der Waals surface area (Å²) < 4.78 is 11.6. The molecule has 3 aliphatic heterocycles. The number of carbonyl (C=O) groups excluding carboxylic acids is 1. The molecule has 0 aromatic heterocycles. The van der Waals surface area contributed by atoms with E-state index in [0.29, 0.717) is 23.7 Å². The SMILES string of the molecule is C=C1OC2(CC(=O)C1=C)CC1CCC2OC1. The minimum atomic E-state index is -0.434. The Morgan fingerprint density at radius 2 is 2.12 bits per heavy atom. The van der Waals surface area contributed by atoms with Crippen molar-refractivity contribution < 1.29 is 14.3 Å². The van der Waals surface area contributed by atoms with Gasteiger partial charge in [-0.25, -0.2) is 0 Å². The fourth-order valence-electron chi connectivity index (χ4n) is 3.17. The molecule has 0 aromatic rings. The smallest absolute Gasteiger partial charge is 0.170 e. The molecule has 16 heavy (non-hydrogen) atoms. The maximum Gasteiger partial charge on any atom is 0.170 e. The lowest BCUT2D eigenvalue weighted by Gasteiger charge is -2.52. The molecule has 3 nitrogen and oxygen atoms in total. The Balaban J connectivity index is 1.91. The van der Waals surface area contributed by atoms with Gasteiger partial charge >= 0.3 is 0 Å². The van der Waals surface area contributed by atoms with Gasteiger partial charge in [-0.1, -0.05) is 13.2 Å². The van der Waals surface area contributed by atoms with E-state index in [1.54, 1.807) is 0 Å². The molecule has 3 heterocycles. The predicted octanol–water partition coefficient (Wildman–Crippen LogP) is 1.98. The van der Waals surface area contributed by atoms with Crippen molar-refractivity contribution in [2.75, 3.05) is 6.61 Å². The second kappa shape index (κ2) is 3.20. The second-order valence-electron chi connectivity index (χ2n) is 5.14. The van der Waals surface area contributed by atoms with Gasteiger partial charge in [0.2, 0.25) is 0 Å². The first-order chi connectivity index (χ1) is 7.61. The number of ketones is 1. The molecule has 0 amide bonds. The van der Waals surface area contributed by atoms with Crippen LogP contribution >= 0.6 is 0 Å². The zero-order valence-corrected chi connectivity index (χ0v) is 9.33. The summed E-state index contributed by atoms with van der Waals surface area (Å²) in [5.74, 6) is 1.04. The Hall–Kier alpha value is -1.09. The zero-order valence-electron chi connectivity index (χ0n) is 9.33. The lowest BCUT2D eigenvalue weighted by Crippen LogP contribution is -2.58. The molecule has 3 saturated heterocycles. The van der Waals surface area contributed by atoms with Crippen molar-refractivity contribution in [1.82, 2.24) is 0 Å². The third-order valence-electron chi connectivity index (χ3n) is 4.05. The van der Waals surface area contributed by atoms with Gasteiger partial charge in [-0.15, -0.1) is 0 Å². The Bertz CT molecular complexity index is 355. The fraction of sp³-hybridized carbons (Fsp3) is 0.615. The van der Waals surface area contributed by atoms with Crippen LogP contribution in [0.25, 0.3) is 0 Å². The summed E-state index contributed by atoms with van der Waals surface area (Å²) >= 11 is 0. The molecule has 1 spiro atoms. The summed E-state index contributed by atoms with van der Waals surface area (Å²) in [5, 5.41) is 0. The Morgan fingerprint density at radius 3 is 2.62 bits per heavy atom.